The molecule has 1 amide bonds. The van der Waals surface area contributed by atoms with E-state index >= 15 is 0 Å². The number of primary amides is 1. The summed E-state index contributed by atoms with van der Waals surface area (Å²) < 4.78 is 1.70. The lowest BCUT2D eigenvalue weighted by molar-refractivity contribution is -0.140. The number of rotatable bonds is 6. The molecule has 0 saturated carbocycles. The van der Waals surface area contributed by atoms with Crippen molar-refractivity contribution in [3.8, 4) is 11.4 Å². The third-order valence-electron chi connectivity index (χ3n) is 5.18. The number of nitrogens with two attached hydrogens (primary N) is 1. The van der Waals surface area contributed by atoms with Crippen LogP contribution in [-0.2, 0) is 11.3 Å². The number of carbonyl (C=O) groups is 1. The molecule has 6 nitrogen and oxygen atoms in total. The second-order valence-corrected chi connectivity index (χ2v) is 9.78. The molecule has 3 rings (SSSR count). The maximum absolute atomic E-state index is 12.2. The molecule has 1 heterocycles. The Balaban J connectivity index is 2.22. The van der Waals surface area contributed by atoms with Gasteiger partial charge >= 0.3 is 0 Å². The Morgan fingerprint density at radius 2 is 1.68 bits per heavy atom. The lowest BCUT2D eigenvalue weighted by Crippen LogP contribution is -2.51. The zero-order valence-electron chi connectivity index (χ0n) is 17.9. The normalized spacial score (nSPS) is 14.8. The van der Waals surface area contributed by atoms with Crippen molar-refractivity contribution in [1.82, 2.24) is 14.8 Å². The molecule has 2 atom stereocenters. The number of amides is 1. The van der Waals surface area contributed by atoms with Gasteiger partial charge in [0.2, 0.25) is 5.91 Å². The Morgan fingerprint density at radius 1 is 1.10 bits per heavy atom. The van der Waals surface area contributed by atoms with E-state index < -0.39 is 22.8 Å². The number of hydrogen-bond acceptors (Lipinski definition) is 4. The fourth-order valence-electron chi connectivity index (χ4n) is 3.87. The number of halogens is 2. The van der Waals surface area contributed by atoms with Crippen LogP contribution in [0.5, 0.6) is 0 Å². The summed E-state index contributed by atoms with van der Waals surface area (Å²) in [6.07, 6.45) is 0. The second-order valence-electron chi connectivity index (χ2n) is 8.91. The molecule has 0 spiro atoms. The van der Waals surface area contributed by atoms with Gasteiger partial charge in [-0.2, -0.15) is 5.10 Å². The van der Waals surface area contributed by atoms with Crippen molar-refractivity contribution in [2.45, 2.75) is 45.8 Å². The zero-order valence-corrected chi connectivity index (χ0v) is 19.4. The monoisotopic (exact) mass is 460 g/mol. The van der Waals surface area contributed by atoms with Crippen molar-refractivity contribution in [1.29, 1.82) is 0 Å². The molecular formula is C23H26Cl2N4O2. The van der Waals surface area contributed by atoms with Gasteiger partial charge < -0.3 is 10.8 Å². The smallest absolute Gasteiger partial charge is 0.249 e. The van der Waals surface area contributed by atoms with Crippen LogP contribution >= 0.6 is 23.2 Å². The Bertz CT molecular complexity index is 1070. The van der Waals surface area contributed by atoms with Crippen molar-refractivity contribution >= 4 is 29.1 Å². The van der Waals surface area contributed by atoms with Crippen LogP contribution in [0, 0.1) is 5.41 Å². The third kappa shape index (κ3) is 5.09. The number of aromatic nitrogens is 3. The highest BCUT2D eigenvalue weighted by atomic mass is 35.5. The van der Waals surface area contributed by atoms with E-state index in [2.05, 4.69) is 0 Å². The van der Waals surface area contributed by atoms with Gasteiger partial charge in [0.25, 0.3) is 0 Å². The molecule has 1 unspecified atom stereocenters. The Morgan fingerprint density at radius 3 is 2.19 bits per heavy atom. The summed E-state index contributed by atoms with van der Waals surface area (Å²) in [5, 5.41) is 16.7. The second kappa shape index (κ2) is 8.61. The number of carbonyl (C=O) groups excluding carboxylic acids is 1. The largest absolute Gasteiger partial charge is 0.380 e. The van der Waals surface area contributed by atoms with Crippen molar-refractivity contribution in [3.63, 3.8) is 0 Å². The molecule has 0 saturated heterocycles. The number of benzene rings is 2. The summed E-state index contributed by atoms with van der Waals surface area (Å²) in [6, 6.07) is 14.8. The van der Waals surface area contributed by atoms with E-state index in [9.17, 15) is 9.90 Å². The molecule has 0 aliphatic rings. The summed E-state index contributed by atoms with van der Waals surface area (Å²) in [6.45, 7) is 7.59. The molecule has 3 N–H and O–H groups in total. The highest BCUT2D eigenvalue weighted by molar-refractivity contribution is 6.35. The summed E-state index contributed by atoms with van der Waals surface area (Å²) in [5.41, 5.74) is 4.82. The van der Waals surface area contributed by atoms with Crippen LogP contribution in [0.3, 0.4) is 0 Å². The van der Waals surface area contributed by atoms with Crippen LogP contribution in [0.2, 0.25) is 10.0 Å². The minimum absolute atomic E-state index is 0.393. The predicted molar refractivity (Wildman–Crippen MR) is 123 cm³/mol. The Kier molecular flexibility index (Phi) is 6.46. The summed E-state index contributed by atoms with van der Waals surface area (Å²) >= 11 is 12.4. The first-order valence-corrected chi connectivity index (χ1v) is 10.6. The number of nitrogens with zero attached hydrogens (tertiary/aromatic N) is 3. The summed E-state index contributed by atoms with van der Waals surface area (Å²) in [4.78, 5) is 16.9. The molecule has 0 aliphatic carbocycles. The van der Waals surface area contributed by atoms with Crippen molar-refractivity contribution < 1.29 is 9.90 Å². The van der Waals surface area contributed by atoms with Crippen LogP contribution in [0.15, 0.2) is 48.5 Å². The molecule has 3 aromatic rings. The summed E-state index contributed by atoms with van der Waals surface area (Å²) in [7, 11) is 0. The van der Waals surface area contributed by atoms with Crippen molar-refractivity contribution in [2.24, 2.45) is 11.1 Å². The molecule has 164 valence electrons. The average Bonchev–Trinajstić information content (AvgIpc) is 3.03. The van der Waals surface area contributed by atoms with Gasteiger partial charge in [-0.3, -0.25) is 4.79 Å². The maximum Gasteiger partial charge on any atom is 0.249 e. The lowest BCUT2D eigenvalue weighted by Gasteiger charge is -2.38. The van der Waals surface area contributed by atoms with Crippen LogP contribution in [-0.4, -0.2) is 31.4 Å². The molecule has 0 radical (unpaired) electrons. The average molecular weight is 461 g/mol. The predicted octanol–water partition coefficient (Wildman–Crippen LogP) is 4.67. The molecule has 1 aromatic heterocycles. The van der Waals surface area contributed by atoms with Gasteiger partial charge in [0.05, 0.1) is 12.5 Å². The van der Waals surface area contributed by atoms with Gasteiger partial charge in [-0.1, -0.05) is 74.3 Å². The third-order valence-corrected chi connectivity index (χ3v) is 5.62. The first-order valence-electron chi connectivity index (χ1n) is 9.87. The molecular weight excluding hydrogens is 435 g/mol. The van der Waals surface area contributed by atoms with Crippen LogP contribution < -0.4 is 5.73 Å². The van der Waals surface area contributed by atoms with Gasteiger partial charge in [-0.05, 0) is 36.1 Å². The number of hydrogen-bond donors (Lipinski definition) is 2. The van der Waals surface area contributed by atoms with E-state index in [4.69, 9.17) is 39.0 Å². The van der Waals surface area contributed by atoms with Crippen LogP contribution in [0.25, 0.3) is 11.4 Å². The quantitative estimate of drug-likeness (QED) is 0.558. The Hall–Kier alpha value is -2.41. The van der Waals surface area contributed by atoms with Crippen molar-refractivity contribution in [2.75, 3.05) is 0 Å². The summed E-state index contributed by atoms with van der Waals surface area (Å²) in [5.74, 6) is -0.706. The van der Waals surface area contributed by atoms with Crippen molar-refractivity contribution in [3.05, 3.63) is 70.0 Å². The van der Waals surface area contributed by atoms with E-state index in [1.54, 1.807) is 22.9 Å². The van der Waals surface area contributed by atoms with E-state index in [1.165, 1.54) is 6.92 Å². The van der Waals surface area contributed by atoms with E-state index in [0.717, 1.165) is 5.56 Å². The number of aliphatic hydroxyl groups is 1. The SMILES string of the molecule is CC(C)(C)[C@H](c1nc(-c2cc(Cl)cc(Cl)c2)nn1Cc1ccccc1)C(C)(O)C(N)=O. The van der Waals surface area contributed by atoms with E-state index in [0.29, 0.717) is 33.8 Å². The fourth-order valence-corrected chi connectivity index (χ4v) is 4.40. The molecule has 0 bridgehead atoms. The lowest BCUT2D eigenvalue weighted by atomic mass is 9.70. The highest BCUT2D eigenvalue weighted by Crippen LogP contribution is 2.43. The standard InChI is InChI=1S/C23H26Cl2N4O2/c1-22(2,3)18(23(4,31)21(26)30)20-27-19(15-10-16(24)12-17(25)11-15)28-29(20)13-14-8-6-5-7-9-14/h5-12,18,31H,13H2,1-4H3,(H2,26,30)/t18-,23?/m0/s1. The molecule has 0 fully saturated rings. The first kappa shape index (κ1) is 23.3. The molecule has 2 aromatic carbocycles. The minimum Gasteiger partial charge on any atom is -0.380 e. The maximum atomic E-state index is 12.2. The molecule has 8 heteroatoms. The topological polar surface area (TPSA) is 94.0 Å². The van der Waals surface area contributed by atoms with Crippen LogP contribution in [0.1, 0.15) is 45.0 Å². The van der Waals surface area contributed by atoms with E-state index in [1.807, 2.05) is 51.1 Å². The molecule has 0 aliphatic heterocycles. The first-order chi connectivity index (χ1) is 14.4. The van der Waals surface area contributed by atoms with E-state index in [-0.39, 0.29) is 0 Å². The Labute approximate surface area is 192 Å². The van der Waals surface area contributed by atoms with Gasteiger partial charge in [0.1, 0.15) is 11.4 Å². The highest BCUT2D eigenvalue weighted by Gasteiger charge is 2.48. The fraction of sp³-hybridized carbons (Fsp3) is 0.348. The van der Waals surface area contributed by atoms with Gasteiger partial charge in [0.15, 0.2) is 5.82 Å². The minimum atomic E-state index is -1.84. The zero-order chi connectivity index (χ0) is 23.0. The van der Waals surface area contributed by atoms with Gasteiger partial charge in [-0.15, -0.1) is 0 Å². The van der Waals surface area contributed by atoms with Crippen LogP contribution in [0.4, 0.5) is 0 Å². The molecule has 31 heavy (non-hydrogen) atoms. The van der Waals surface area contributed by atoms with Gasteiger partial charge in [-0.25, -0.2) is 9.67 Å². The van der Waals surface area contributed by atoms with Gasteiger partial charge in [0, 0.05) is 15.6 Å².